The molecule has 0 aromatic rings. The van der Waals surface area contributed by atoms with Crippen LogP contribution in [-0.2, 0) is 9.53 Å². The molecule has 0 aliphatic rings. The Morgan fingerprint density at radius 2 is 1.95 bits per heavy atom. The van der Waals surface area contributed by atoms with E-state index in [0.717, 1.165) is 6.42 Å². The summed E-state index contributed by atoms with van der Waals surface area (Å²) in [6, 6.07) is -0.234. The van der Waals surface area contributed by atoms with Crippen molar-refractivity contribution in [3.63, 3.8) is 0 Å². The Morgan fingerprint density at radius 1 is 1.37 bits per heavy atom. The monoisotopic (exact) mass is 270 g/mol. The number of carbonyl (C=O) groups excluding carboxylic acids is 2. The maximum absolute atomic E-state index is 11.7. The largest absolute Gasteiger partial charge is 0.444 e. The molecule has 0 aliphatic heterocycles. The molecule has 5 nitrogen and oxygen atoms in total. The number of ether oxygens (including phenoxy) is 1. The molecule has 19 heavy (non-hydrogen) atoms. The summed E-state index contributed by atoms with van der Waals surface area (Å²) in [6.07, 6.45) is 2.95. The van der Waals surface area contributed by atoms with E-state index in [1.54, 1.807) is 40.9 Å². The maximum atomic E-state index is 11.7. The fourth-order valence-electron chi connectivity index (χ4n) is 1.41. The first-order valence-corrected chi connectivity index (χ1v) is 6.46. The van der Waals surface area contributed by atoms with E-state index >= 15 is 0 Å². The van der Waals surface area contributed by atoms with E-state index in [4.69, 9.17) is 4.74 Å². The Hall–Kier alpha value is -1.52. The summed E-state index contributed by atoms with van der Waals surface area (Å²) in [7, 11) is 3.39. The van der Waals surface area contributed by atoms with Gasteiger partial charge in [-0.3, -0.25) is 4.79 Å². The summed E-state index contributed by atoms with van der Waals surface area (Å²) < 4.78 is 5.19. The molecule has 110 valence electrons. The molecule has 0 saturated carbocycles. The highest BCUT2D eigenvalue weighted by Gasteiger charge is 2.21. The first-order valence-electron chi connectivity index (χ1n) is 6.46. The molecule has 0 aromatic carbocycles. The lowest BCUT2D eigenvalue weighted by atomic mass is 10.1. The molecular weight excluding hydrogens is 244 g/mol. The molecule has 0 aliphatic carbocycles. The maximum Gasteiger partial charge on any atom is 0.407 e. The second kappa shape index (κ2) is 7.81. The molecule has 0 rings (SSSR count). The van der Waals surface area contributed by atoms with Crippen molar-refractivity contribution in [1.82, 2.24) is 10.2 Å². The average Bonchev–Trinajstić information content (AvgIpc) is 2.22. The lowest BCUT2D eigenvalue weighted by Crippen LogP contribution is -2.41. The molecule has 0 heterocycles. The first-order chi connectivity index (χ1) is 8.65. The molecule has 0 bridgehead atoms. The van der Waals surface area contributed by atoms with Gasteiger partial charge in [-0.25, -0.2) is 4.79 Å². The van der Waals surface area contributed by atoms with Crippen molar-refractivity contribution in [2.75, 3.05) is 14.1 Å². The highest BCUT2D eigenvalue weighted by Crippen LogP contribution is 2.09. The number of nitrogens with zero attached hydrogens (tertiary/aromatic N) is 1. The Bertz CT molecular complexity index is 319. The van der Waals surface area contributed by atoms with Crippen LogP contribution in [0.5, 0.6) is 0 Å². The van der Waals surface area contributed by atoms with Gasteiger partial charge >= 0.3 is 6.09 Å². The van der Waals surface area contributed by atoms with Crippen molar-refractivity contribution in [2.24, 2.45) is 0 Å². The minimum atomic E-state index is -0.543. The molecule has 2 amide bonds. The van der Waals surface area contributed by atoms with Gasteiger partial charge in [0.25, 0.3) is 0 Å². The van der Waals surface area contributed by atoms with Gasteiger partial charge in [-0.15, -0.1) is 6.58 Å². The van der Waals surface area contributed by atoms with Crippen LogP contribution < -0.4 is 5.32 Å². The van der Waals surface area contributed by atoms with E-state index in [-0.39, 0.29) is 18.4 Å². The topological polar surface area (TPSA) is 58.6 Å². The number of amides is 2. The summed E-state index contributed by atoms with van der Waals surface area (Å²) in [6.45, 7) is 9.05. The minimum Gasteiger partial charge on any atom is -0.444 e. The van der Waals surface area contributed by atoms with Gasteiger partial charge < -0.3 is 15.0 Å². The molecule has 0 radical (unpaired) electrons. The third kappa shape index (κ3) is 9.11. The molecule has 0 spiro atoms. The van der Waals surface area contributed by atoms with Gasteiger partial charge in [0.2, 0.25) is 5.91 Å². The van der Waals surface area contributed by atoms with Crippen molar-refractivity contribution in [1.29, 1.82) is 0 Å². The Labute approximate surface area is 116 Å². The van der Waals surface area contributed by atoms with Crippen molar-refractivity contribution >= 4 is 12.0 Å². The third-order valence-electron chi connectivity index (χ3n) is 2.36. The molecule has 0 fully saturated rings. The second-order valence-electron chi connectivity index (χ2n) is 5.70. The summed E-state index contributed by atoms with van der Waals surface area (Å²) in [5, 5.41) is 2.74. The average molecular weight is 270 g/mol. The molecule has 5 heteroatoms. The van der Waals surface area contributed by atoms with Gasteiger partial charge in [-0.05, 0) is 33.6 Å². The molecule has 0 saturated heterocycles. The minimum absolute atomic E-state index is 0.0230. The van der Waals surface area contributed by atoms with Gasteiger partial charge in [-0.1, -0.05) is 6.08 Å². The summed E-state index contributed by atoms with van der Waals surface area (Å²) >= 11 is 0. The zero-order valence-electron chi connectivity index (χ0n) is 12.7. The van der Waals surface area contributed by atoms with Gasteiger partial charge in [-0.2, -0.15) is 0 Å². The number of hydrogen-bond acceptors (Lipinski definition) is 3. The van der Waals surface area contributed by atoms with E-state index in [1.165, 1.54) is 4.90 Å². The van der Waals surface area contributed by atoms with E-state index in [1.807, 2.05) is 0 Å². The predicted molar refractivity (Wildman–Crippen MR) is 75.9 cm³/mol. The second-order valence-corrected chi connectivity index (χ2v) is 5.70. The van der Waals surface area contributed by atoms with Crippen LogP contribution in [0.4, 0.5) is 4.79 Å². The molecular formula is C14H26N2O3. The SMILES string of the molecule is C=CCC[C@H](CC(=O)N(C)C)NC(=O)OC(C)(C)C. The van der Waals surface area contributed by atoms with Crippen LogP contribution in [0.3, 0.4) is 0 Å². The molecule has 0 unspecified atom stereocenters. The van der Waals surface area contributed by atoms with Crippen LogP contribution in [0, 0.1) is 0 Å². The van der Waals surface area contributed by atoms with Gasteiger partial charge in [0, 0.05) is 26.6 Å². The Kier molecular flexibility index (Phi) is 7.19. The van der Waals surface area contributed by atoms with E-state index < -0.39 is 11.7 Å². The third-order valence-corrected chi connectivity index (χ3v) is 2.36. The smallest absolute Gasteiger partial charge is 0.407 e. The van der Waals surface area contributed by atoms with Crippen LogP contribution in [0.1, 0.15) is 40.0 Å². The normalized spacial score (nSPS) is 12.5. The number of hydrogen-bond donors (Lipinski definition) is 1. The van der Waals surface area contributed by atoms with E-state index in [2.05, 4.69) is 11.9 Å². The highest BCUT2D eigenvalue weighted by atomic mass is 16.6. The van der Waals surface area contributed by atoms with Gasteiger partial charge in [0.1, 0.15) is 5.60 Å². The molecule has 1 N–H and O–H groups in total. The van der Waals surface area contributed by atoms with E-state index in [9.17, 15) is 9.59 Å². The number of nitrogens with one attached hydrogen (secondary N) is 1. The zero-order valence-corrected chi connectivity index (χ0v) is 12.7. The van der Waals surface area contributed by atoms with Crippen molar-refractivity contribution < 1.29 is 14.3 Å². The number of rotatable bonds is 6. The molecule has 1 atom stereocenters. The van der Waals surface area contributed by atoms with Crippen molar-refractivity contribution in [3.8, 4) is 0 Å². The zero-order chi connectivity index (χ0) is 15.1. The standard InChI is InChI=1S/C14H26N2O3/c1-7-8-9-11(10-12(17)16(5)6)15-13(18)19-14(2,3)4/h7,11H,1,8-10H2,2-6H3,(H,15,18)/t11-/m1/s1. The van der Waals surface area contributed by atoms with Crippen molar-refractivity contribution in [2.45, 2.75) is 51.7 Å². The van der Waals surface area contributed by atoms with Gasteiger partial charge in [0.15, 0.2) is 0 Å². The van der Waals surface area contributed by atoms with Crippen LogP contribution in [0.15, 0.2) is 12.7 Å². The number of allylic oxidation sites excluding steroid dienone is 1. The van der Waals surface area contributed by atoms with Crippen LogP contribution in [0.2, 0.25) is 0 Å². The first kappa shape index (κ1) is 17.5. The van der Waals surface area contributed by atoms with Crippen LogP contribution >= 0.6 is 0 Å². The quantitative estimate of drug-likeness (QED) is 0.754. The number of carbonyl (C=O) groups is 2. The Morgan fingerprint density at radius 3 is 2.37 bits per heavy atom. The van der Waals surface area contributed by atoms with Crippen LogP contribution in [-0.4, -0.2) is 42.6 Å². The highest BCUT2D eigenvalue weighted by molar-refractivity contribution is 5.77. The van der Waals surface area contributed by atoms with E-state index in [0.29, 0.717) is 6.42 Å². The summed E-state index contributed by atoms with van der Waals surface area (Å²) in [4.78, 5) is 24.9. The lowest BCUT2D eigenvalue weighted by molar-refractivity contribution is -0.129. The summed E-state index contributed by atoms with van der Waals surface area (Å²) in [5.74, 6) is -0.0230. The van der Waals surface area contributed by atoms with Crippen LogP contribution in [0.25, 0.3) is 0 Å². The fraction of sp³-hybridized carbons (Fsp3) is 0.714. The van der Waals surface area contributed by atoms with Gasteiger partial charge in [0.05, 0.1) is 0 Å². The lowest BCUT2D eigenvalue weighted by Gasteiger charge is -2.24. The summed E-state index contributed by atoms with van der Waals surface area (Å²) in [5.41, 5.74) is -0.543. The Balaban J connectivity index is 4.45. The number of alkyl carbamates (subject to hydrolysis) is 1. The predicted octanol–water partition coefficient (Wildman–Crippen LogP) is 2.32. The fourth-order valence-corrected chi connectivity index (χ4v) is 1.41. The van der Waals surface area contributed by atoms with Crippen molar-refractivity contribution in [3.05, 3.63) is 12.7 Å². The molecule has 0 aromatic heterocycles.